The van der Waals surface area contributed by atoms with Crippen LogP contribution in [0, 0.1) is 5.82 Å². The number of hydrogen-bond acceptors (Lipinski definition) is 7. The molecule has 1 amide bonds. The fraction of sp³-hybridized carbons (Fsp3) is 0.235. The van der Waals surface area contributed by atoms with E-state index in [1.807, 2.05) is 0 Å². The monoisotopic (exact) mass is 418 g/mol. The Labute approximate surface area is 165 Å². The molecule has 0 aliphatic carbocycles. The Morgan fingerprint density at radius 3 is 2.76 bits per heavy atom. The molecule has 0 atom stereocenters. The zero-order valence-electron chi connectivity index (χ0n) is 15.6. The molecule has 1 aromatic carbocycles. The summed E-state index contributed by atoms with van der Waals surface area (Å²) in [5.74, 6) is -0.937. The number of anilines is 1. The zero-order chi connectivity index (χ0) is 20.9. The van der Waals surface area contributed by atoms with Gasteiger partial charge in [-0.25, -0.2) is 18.9 Å². The van der Waals surface area contributed by atoms with Crippen LogP contribution in [-0.4, -0.2) is 36.9 Å². The van der Waals surface area contributed by atoms with Crippen LogP contribution in [0.4, 0.5) is 9.52 Å². The van der Waals surface area contributed by atoms with Crippen LogP contribution in [0.5, 0.6) is 5.75 Å². The van der Waals surface area contributed by atoms with E-state index in [1.165, 1.54) is 48.8 Å². The molecule has 12 heteroatoms. The summed E-state index contributed by atoms with van der Waals surface area (Å²) < 4.78 is 22.8. The first-order valence-corrected chi connectivity index (χ1v) is 9.17. The third kappa shape index (κ3) is 3.06. The van der Waals surface area contributed by atoms with Crippen molar-refractivity contribution in [3.8, 4) is 5.75 Å². The third-order valence-electron chi connectivity index (χ3n) is 4.46. The molecule has 29 heavy (non-hydrogen) atoms. The van der Waals surface area contributed by atoms with Gasteiger partial charge < -0.3 is 10.1 Å². The van der Waals surface area contributed by atoms with Crippen LogP contribution in [0.1, 0.15) is 0 Å². The summed E-state index contributed by atoms with van der Waals surface area (Å²) in [6.45, 7) is -0.259. The summed E-state index contributed by atoms with van der Waals surface area (Å²) in [7, 11) is 4.23. The number of aryl methyl sites for hydroxylation is 1. The summed E-state index contributed by atoms with van der Waals surface area (Å²) in [6.07, 6.45) is 1.36. The van der Waals surface area contributed by atoms with Gasteiger partial charge in [0, 0.05) is 20.2 Å². The van der Waals surface area contributed by atoms with E-state index in [2.05, 4.69) is 15.4 Å². The van der Waals surface area contributed by atoms with Crippen molar-refractivity contribution < 1.29 is 13.9 Å². The quantitative estimate of drug-likeness (QED) is 0.525. The first-order valence-electron chi connectivity index (χ1n) is 8.35. The minimum absolute atomic E-state index is 0.0603. The Hall–Kier alpha value is -3.54. The smallest absolute Gasteiger partial charge is 0.331 e. The maximum atomic E-state index is 13.8. The molecule has 0 spiro atoms. The number of benzene rings is 1. The van der Waals surface area contributed by atoms with E-state index in [-0.39, 0.29) is 22.9 Å². The van der Waals surface area contributed by atoms with Crippen molar-refractivity contribution >= 4 is 43.6 Å². The normalized spacial score (nSPS) is 11.3. The molecule has 0 saturated carbocycles. The molecule has 0 aliphatic rings. The molecule has 0 unspecified atom stereocenters. The van der Waals surface area contributed by atoms with Crippen LogP contribution >= 0.6 is 11.3 Å². The second-order valence-corrected chi connectivity index (χ2v) is 7.29. The number of carbonyl (C=O) groups excluding carboxylic acids is 1. The summed E-state index contributed by atoms with van der Waals surface area (Å²) in [5.41, 5.74) is -0.0779. The van der Waals surface area contributed by atoms with Crippen LogP contribution in [-0.2, 0) is 25.4 Å². The van der Waals surface area contributed by atoms with E-state index in [9.17, 15) is 18.8 Å². The van der Waals surface area contributed by atoms with Gasteiger partial charge in [0.1, 0.15) is 6.54 Å². The number of ether oxygens (including phenoxy) is 1. The summed E-state index contributed by atoms with van der Waals surface area (Å²) >= 11 is 1.11. The van der Waals surface area contributed by atoms with Crippen LogP contribution in [0.3, 0.4) is 0 Å². The van der Waals surface area contributed by atoms with Gasteiger partial charge in [-0.3, -0.25) is 18.7 Å². The van der Waals surface area contributed by atoms with Crippen molar-refractivity contribution in [1.29, 1.82) is 0 Å². The average molecular weight is 418 g/mol. The lowest BCUT2D eigenvalue weighted by Crippen LogP contribution is -2.37. The van der Waals surface area contributed by atoms with Gasteiger partial charge in [0.05, 0.1) is 29.0 Å². The van der Waals surface area contributed by atoms with Gasteiger partial charge in [0.2, 0.25) is 5.91 Å². The zero-order valence-corrected chi connectivity index (χ0v) is 16.4. The number of halogens is 1. The van der Waals surface area contributed by atoms with Gasteiger partial charge in [0.25, 0.3) is 5.56 Å². The predicted molar refractivity (Wildman–Crippen MR) is 105 cm³/mol. The van der Waals surface area contributed by atoms with Crippen LogP contribution in [0.25, 0.3) is 21.3 Å². The van der Waals surface area contributed by atoms with Gasteiger partial charge >= 0.3 is 5.69 Å². The number of thiazole rings is 1. The Kier molecular flexibility index (Phi) is 4.42. The lowest BCUT2D eigenvalue weighted by Gasteiger charge is -2.06. The molecule has 1 N–H and O–H groups in total. The fourth-order valence-corrected chi connectivity index (χ4v) is 3.86. The summed E-state index contributed by atoms with van der Waals surface area (Å²) in [4.78, 5) is 41.1. The highest BCUT2D eigenvalue weighted by molar-refractivity contribution is 7.22. The van der Waals surface area contributed by atoms with Crippen molar-refractivity contribution in [2.45, 2.75) is 6.54 Å². The standard InChI is InChI=1S/C17H15FN6O4S/c1-22-10-6-19-24(14(10)15(26)23(2)17(22)27)7-13(25)21-16-20-9-5-11(28-3)8(18)4-12(9)29-16/h4-6H,7H2,1-3H3,(H,20,21,25). The molecule has 0 fully saturated rings. The number of fused-ring (bicyclic) bond motifs is 2. The van der Waals surface area contributed by atoms with Gasteiger partial charge in [-0.1, -0.05) is 11.3 Å². The van der Waals surface area contributed by atoms with E-state index in [0.717, 1.165) is 15.9 Å². The van der Waals surface area contributed by atoms with E-state index < -0.39 is 23.0 Å². The van der Waals surface area contributed by atoms with E-state index >= 15 is 0 Å². The minimum Gasteiger partial charge on any atom is -0.494 e. The summed E-state index contributed by atoms with van der Waals surface area (Å²) in [5, 5.41) is 6.95. The highest BCUT2D eigenvalue weighted by atomic mass is 32.1. The molecule has 3 heterocycles. The van der Waals surface area contributed by atoms with Crippen LogP contribution in [0.15, 0.2) is 27.9 Å². The topological polar surface area (TPSA) is 113 Å². The summed E-state index contributed by atoms with van der Waals surface area (Å²) in [6, 6.07) is 2.73. The molecule has 0 bridgehead atoms. The number of hydrogen-bond donors (Lipinski definition) is 1. The van der Waals surface area contributed by atoms with E-state index in [1.54, 1.807) is 0 Å². The van der Waals surface area contributed by atoms with E-state index in [0.29, 0.717) is 15.7 Å². The maximum absolute atomic E-state index is 13.8. The second kappa shape index (κ2) is 6.81. The highest BCUT2D eigenvalue weighted by Gasteiger charge is 2.17. The number of nitrogens with zero attached hydrogens (tertiary/aromatic N) is 5. The van der Waals surface area contributed by atoms with Crippen molar-refractivity contribution in [3.05, 3.63) is 45.0 Å². The molecule has 4 aromatic rings. The first kappa shape index (κ1) is 18.8. The molecule has 0 saturated heterocycles. The predicted octanol–water partition coefficient (Wildman–Crippen LogP) is 0.830. The number of nitrogens with one attached hydrogen (secondary N) is 1. The van der Waals surface area contributed by atoms with Gasteiger partial charge in [-0.2, -0.15) is 5.10 Å². The van der Waals surface area contributed by atoms with Crippen molar-refractivity contribution in [2.75, 3.05) is 12.4 Å². The lowest BCUT2D eigenvalue weighted by atomic mass is 10.3. The number of amides is 1. The molecule has 0 radical (unpaired) electrons. The molecule has 3 aromatic heterocycles. The SMILES string of the molecule is COc1cc2nc(NC(=O)Cn3ncc4c3c(=O)n(C)c(=O)n4C)sc2cc1F. The molecule has 0 aliphatic heterocycles. The Bertz CT molecular complexity index is 1400. The van der Waals surface area contributed by atoms with Crippen molar-refractivity contribution in [3.63, 3.8) is 0 Å². The number of methoxy groups -OCH3 is 1. The molecular weight excluding hydrogens is 403 g/mol. The fourth-order valence-electron chi connectivity index (χ4n) is 2.97. The molecule has 10 nitrogen and oxygen atoms in total. The number of rotatable bonds is 4. The Morgan fingerprint density at radius 2 is 2.03 bits per heavy atom. The molecule has 150 valence electrons. The van der Waals surface area contributed by atoms with Gasteiger partial charge in [-0.05, 0) is 6.07 Å². The van der Waals surface area contributed by atoms with Gasteiger partial charge in [-0.15, -0.1) is 0 Å². The average Bonchev–Trinajstić information content (AvgIpc) is 3.27. The van der Waals surface area contributed by atoms with E-state index in [4.69, 9.17) is 4.74 Å². The maximum Gasteiger partial charge on any atom is 0.331 e. The molecular formula is C17H15FN6O4S. The van der Waals surface area contributed by atoms with Crippen LogP contribution in [0.2, 0.25) is 0 Å². The Morgan fingerprint density at radius 1 is 1.28 bits per heavy atom. The lowest BCUT2D eigenvalue weighted by molar-refractivity contribution is -0.116. The van der Waals surface area contributed by atoms with Crippen molar-refractivity contribution in [1.82, 2.24) is 23.9 Å². The number of aromatic nitrogens is 5. The number of carbonyl (C=O) groups is 1. The third-order valence-corrected chi connectivity index (χ3v) is 5.40. The Balaban J connectivity index is 1.63. The second-order valence-electron chi connectivity index (χ2n) is 6.26. The minimum atomic E-state index is -0.545. The highest BCUT2D eigenvalue weighted by Crippen LogP contribution is 2.31. The largest absolute Gasteiger partial charge is 0.494 e. The molecule has 4 rings (SSSR count). The first-order chi connectivity index (χ1) is 13.8. The van der Waals surface area contributed by atoms with Crippen LogP contribution < -0.4 is 21.3 Å². The van der Waals surface area contributed by atoms with Crippen molar-refractivity contribution in [2.24, 2.45) is 14.1 Å². The van der Waals surface area contributed by atoms with Gasteiger partial charge in [0.15, 0.2) is 22.2 Å².